The summed E-state index contributed by atoms with van der Waals surface area (Å²) in [5, 5.41) is 10.9. The smallest absolute Gasteiger partial charge is 0.417 e. The molecule has 0 heterocycles. The molecule has 7 heteroatoms. The Morgan fingerprint density at radius 3 is 2.32 bits per heavy atom. The van der Waals surface area contributed by atoms with Gasteiger partial charge in [-0.15, -0.1) is 0 Å². The van der Waals surface area contributed by atoms with Crippen molar-refractivity contribution in [3.05, 3.63) is 63.9 Å². The minimum Gasteiger partial charge on any atom is -0.496 e. The number of aryl methyl sites for hydroxylation is 1. The van der Waals surface area contributed by atoms with Crippen molar-refractivity contribution in [1.82, 2.24) is 0 Å². The first-order chi connectivity index (χ1) is 12.8. The molecule has 1 unspecified atom stereocenters. The molecule has 154 valence electrons. The van der Waals surface area contributed by atoms with E-state index in [1.54, 1.807) is 19.1 Å². The summed E-state index contributed by atoms with van der Waals surface area (Å²) in [6.07, 6.45) is -6.33. The molecule has 2 nitrogen and oxygen atoms in total. The van der Waals surface area contributed by atoms with Gasteiger partial charge in [0.1, 0.15) is 11.6 Å². The van der Waals surface area contributed by atoms with Crippen molar-refractivity contribution in [3.8, 4) is 5.75 Å². The predicted molar refractivity (Wildman–Crippen MR) is 101 cm³/mol. The summed E-state index contributed by atoms with van der Waals surface area (Å²) in [5.41, 5.74) is -3.24. The first kappa shape index (κ1) is 22.5. The van der Waals surface area contributed by atoms with Gasteiger partial charge in [-0.05, 0) is 48.1 Å². The van der Waals surface area contributed by atoms with Crippen LogP contribution in [0.25, 0.3) is 0 Å². The minimum atomic E-state index is -4.92. The van der Waals surface area contributed by atoms with Gasteiger partial charge in [0, 0.05) is 17.0 Å². The van der Waals surface area contributed by atoms with E-state index in [0.29, 0.717) is 5.56 Å². The lowest BCUT2D eigenvalue weighted by Crippen LogP contribution is -2.51. The van der Waals surface area contributed by atoms with Gasteiger partial charge < -0.3 is 9.84 Å². The van der Waals surface area contributed by atoms with E-state index >= 15 is 0 Å². The normalized spacial score (nSPS) is 14.6. The summed E-state index contributed by atoms with van der Waals surface area (Å²) in [5.74, 6) is -0.342. The van der Waals surface area contributed by atoms with Gasteiger partial charge in [0.15, 0.2) is 5.60 Å². The Balaban J connectivity index is 2.49. The van der Waals surface area contributed by atoms with Crippen LogP contribution in [0, 0.1) is 12.7 Å². The summed E-state index contributed by atoms with van der Waals surface area (Å²) in [4.78, 5) is 0. The number of hydrogen-bond donors (Lipinski definition) is 1. The monoisotopic (exact) mass is 418 g/mol. The van der Waals surface area contributed by atoms with Gasteiger partial charge in [-0.25, -0.2) is 4.39 Å². The van der Waals surface area contributed by atoms with E-state index < -0.39 is 35.9 Å². The van der Waals surface area contributed by atoms with Crippen LogP contribution in [-0.2, 0) is 11.8 Å². The highest BCUT2D eigenvalue weighted by Gasteiger charge is 2.56. The fourth-order valence-corrected chi connectivity index (χ4v) is 3.65. The second-order valence-electron chi connectivity index (χ2n) is 7.66. The topological polar surface area (TPSA) is 29.5 Å². The van der Waals surface area contributed by atoms with Gasteiger partial charge in [0.25, 0.3) is 0 Å². The van der Waals surface area contributed by atoms with Crippen molar-refractivity contribution in [1.29, 1.82) is 0 Å². The average Bonchev–Trinajstić information content (AvgIpc) is 2.57. The fourth-order valence-electron chi connectivity index (χ4n) is 3.46. The Morgan fingerprint density at radius 2 is 1.75 bits per heavy atom. The molecular formula is C21H23ClF4O2. The number of alkyl halides is 3. The lowest BCUT2D eigenvalue weighted by Gasteiger charge is -2.38. The van der Waals surface area contributed by atoms with E-state index in [1.807, 2.05) is 0 Å². The SMILES string of the molecule is COc1ccc(F)cc1C(C)(C)CC(O)(Cc1cccc(C)c1Cl)C(F)(F)F. The predicted octanol–water partition coefficient (Wildman–Crippen LogP) is 6.00. The van der Waals surface area contributed by atoms with Gasteiger partial charge in [-0.2, -0.15) is 13.2 Å². The third-order valence-electron chi connectivity index (χ3n) is 4.91. The van der Waals surface area contributed by atoms with Crippen molar-refractivity contribution < 1.29 is 27.4 Å². The molecule has 1 atom stereocenters. The average molecular weight is 419 g/mol. The van der Waals surface area contributed by atoms with Crippen LogP contribution in [0.1, 0.15) is 37.0 Å². The molecule has 0 amide bonds. The lowest BCUT2D eigenvalue weighted by atomic mass is 9.72. The number of halogens is 5. The zero-order valence-electron chi connectivity index (χ0n) is 16.1. The fraction of sp³-hybridized carbons (Fsp3) is 0.429. The van der Waals surface area contributed by atoms with E-state index in [0.717, 1.165) is 6.07 Å². The second-order valence-corrected chi connectivity index (χ2v) is 8.04. The Kier molecular flexibility index (Phi) is 6.36. The van der Waals surface area contributed by atoms with Crippen molar-refractivity contribution in [2.45, 2.75) is 50.8 Å². The third kappa shape index (κ3) is 4.61. The number of rotatable bonds is 6. The molecule has 0 saturated heterocycles. The van der Waals surface area contributed by atoms with E-state index in [9.17, 15) is 22.7 Å². The number of hydrogen-bond acceptors (Lipinski definition) is 2. The number of aliphatic hydroxyl groups is 1. The maximum atomic E-state index is 13.9. The van der Waals surface area contributed by atoms with Gasteiger partial charge in [-0.3, -0.25) is 0 Å². The van der Waals surface area contributed by atoms with Crippen LogP contribution in [0.2, 0.25) is 5.02 Å². The molecule has 1 N–H and O–H groups in total. The molecule has 0 aliphatic rings. The number of methoxy groups -OCH3 is 1. The van der Waals surface area contributed by atoms with Crippen LogP contribution >= 0.6 is 11.6 Å². The first-order valence-electron chi connectivity index (χ1n) is 8.68. The highest BCUT2D eigenvalue weighted by molar-refractivity contribution is 6.32. The van der Waals surface area contributed by atoms with Crippen LogP contribution in [0.4, 0.5) is 17.6 Å². The Bertz CT molecular complexity index is 849. The lowest BCUT2D eigenvalue weighted by molar-refractivity contribution is -0.266. The Hall–Kier alpha value is -1.79. The van der Waals surface area contributed by atoms with E-state index in [2.05, 4.69) is 0 Å². The molecule has 28 heavy (non-hydrogen) atoms. The molecule has 2 aromatic rings. The summed E-state index contributed by atoms with van der Waals surface area (Å²) in [7, 11) is 1.36. The minimum absolute atomic E-state index is 0.186. The highest BCUT2D eigenvalue weighted by atomic mass is 35.5. The van der Waals surface area contributed by atoms with Crippen LogP contribution < -0.4 is 4.74 Å². The van der Waals surface area contributed by atoms with Crippen molar-refractivity contribution in [2.75, 3.05) is 7.11 Å². The van der Waals surface area contributed by atoms with Gasteiger partial charge >= 0.3 is 6.18 Å². The van der Waals surface area contributed by atoms with Crippen LogP contribution in [0.3, 0.4) is 0 Å². The second kappa shape index (κ2) is 7.91. The summed E-state index contributed by atoms with van der Waals surface area (Å²) >= 11 is 6.16. The molecule has 0 aliphatic carbocycles. The molecular weight excluding hydrogens is 396 g/mol. The number of benzene rings is 2. The number of ether oxygens (including phenoxy) is 1. The van der Waals surface area contributed by atoms with E-state index in [1.165, 1.54) is 39.2 Å². The van der Waals surface area contributed by atoms with Crippen molar-refractivity contribution >= 4 is 11.6 Å². The van der Waals surface area contributed by atoms with Gasteiger partial charge in [0.05, 0.1) is 7.11 Å². The van der Waals surface area contributed by atoms with Crippen LogP contribution in [0.5, 0.6) is 5.75 Å². The molecule has 0 aromatic heterocycles. The van der Waals surface area contributed by atoms with Crippen LogP contribution in [0.15, 0.2) is 36.4 Å². The zero-order valence-corrected chi connectivity index (χ0v) is 16.9. The molecule has 2 aromatic carbocycles. The molecule has 0 aliphatic heterocycles. The largest absolute Gasteiger partial charge is 0.496 e. The maximum absolute atomic E-state index is 13.9. The molecule has 0 radical (unpaired) electrons. The standard InChI is InChI=1S/C21H23ClF4O2/c1-13-6-5-7-14(18(13)22)11-20(27,21(24,25)26)12-19(2,3)16-10-15(23)8-9-17(16)28-4/h5-10,27H,11-12H2,1-4H3. The summed E-state index contributed by atoms with van der Waals surface area (Å²) in [6.45, 7) is 4.71. The molecule has 2 rings (SSSR count). The molecule has 0 bridgehead atoms. The Labute approximate surface area is 167 Å². The van der Waals surface area contributed by atoms with Gasteiger partial charge in [-0.1, -0.05) is 43.6 Å². The third-order valence-corrected chi connectivity index (χ3v) is 5.45. The quantitative estimate of drug-likeness (QED) is 0.583. The first-order valence-corrected chi connectivity index (χ1v) is 9.06. The van der Waals surface area contributed by atoms with Crippen molar-refractivity contribution in [2.24, 2.45) is 0 Å². The zero-order chi connectivity index (χ0) is 21.3. The van der Waals surface area contributed by atoms with Gasteiger partial charge in [0.2, 0.25) is 0 Å². The summed E-state index contributed by atoms with van der Waals surface area (Å²) < 4.78 is 60.8. The highest BCUT2D eigenvalue weighted by Crippen LogP contribution is 2.45. The maximum Gasteiger partial charge on any atom is 0.417 e. The van der Waals surface area contributed by atoms with E-state index in [-0.39, 0.29) is 21.9 Å². The Morgan fingerprint density at radius 1 is 1.11 bits per heavy atom. The molecule has 0 spiro atoms. The van der Waals surface area contributed by atoms with E-state index in [4.69, 9.17) is 16.3 Å². The van der Waals surface area contributed by atoms with Crippen molar-refractivity contribution in [3.63, 3.8) is 0 Å². The van der Waals surface area contributed by atoms with Crippen LogP contribution in [-0.4, -0.2) is 24.0 Å². The molecule has 0 saturated carbocycles. The summed E-state index contributed by atoms with van der Waals surface area (Å²) in [6, 6.07) is 8.39. The molecule has 0 fully saturated rings.